The zero-order valence-electron chi connectivity index (χ0n) is 20.9. The molecule has 1 atom stereocenters. The minimum atomic E-state index is -4.79. The molecule has 2 aromatic heterocycles. The Morgan fingerprint density at radius 2 is 1.86 bits per heavy atom. The maximum Gasteiger partial charge on any atom is 0.419 e. The number of hydrogen-bond acceptors (Lipinski definition) is 4. The molecule has 36 heavy (non-hydrogen) atoms. The van der Waals surface area contributed by atoms with E-state index in [-0.39, 0.29) is 23.1 Å². The summed E-state index contributed by atoms with van der Waals surface area (Å²) in [6.07, 6.45) is -3.54. The number of alkyl halides is 3. The lowest BCUT2D eigenvalue weighted by Crippen LogP contribution is -2.51. The summed E-state index contributed by atoms with van der Waals surface area (Å²) in [5, 5.41) is 14.8. The van der Waals surface area contributed by atoms with Crippen molar-refractivity contribution < 1.29 is 27.5 Å². The van der Waals surface area contributed by atoms with Crippen molar-refractivity contribution in [1.29, 1.82) is 0 Å². The van der Waals surface area contributed by atoms with E-state index in [0.29, 0.717) is 37.6 Å². The lowest BCUT2D eigenvalue weighted by molar-refractivity contribution is -0.152. The molecule has 0 saturated carbocycles. The van der Waals surface area contributed by atoms with Crippen molar-refractivity contribution in [3.05, 3.63) is 46.9 Å². The van der Waals surface area contributed by atoms with Crippen LogP contribution in [-0.2, 0) is 11.0 Å². The molecule has 4 rings (SSSR count). The molecule has 1 N–H and O–H groups in total. The highest BCUT2D eigenvalue weighted by Crippen LogP contribution is 2.42. The van der Waals surface area contributed by atoms with Gasteiger partial charge in [0.25, 0.3) is 0 Å². The van der Waals surface area contributed by atoms with Gasteiger partial charge in [0.1, 0.15) is 11.6 Å². The molecule has 0 aliphatic carbocycles. The smallest absolute Gasteiger partial charge is 0.419 e. The molecule has 1 fully saturated rings. The van der Waals surface area contributed by atoms with Gasteiger partial charge in [-0.1, -0.05) is 33.8 Å². The molecule has 0 radical (unpaired) electrons. The molecule has 194 valence electrons. The summed E-state index contributed by atoms with van der Waals surface area (Å²) in [6.45, 7) is 10.7. The van der Waals surface area contributed by atoms with Gasteiger partial charge >= 0.3 is 12.1 Å². The topological polar surface area (TPSA) is 70.7 Å². The first-order valence-electron chi connectivity index (χ1n) is 12.0. The van der Waals surface area contributed by atoms with Gasteiger partial charge in [-0.25, -0.2) is 9.37 Å². The summed E-state index contributed by atoms with van der Waals surface area (Å²) in [5.41, 5.74) is 0.345. The van der Waals surface area contributed by atoms with Crippen molar-refractivity contribution in [2.45, 2.75) is 59.6 Å². The van der Waals surface area contributed by atoms with Crippen LogP contribution >= 0.6 is 0 Å². The van der Waals surface area contributed by atoms with Crippen LogP contribution < -0.4 is 4.90 Å². The van der Waals surface area contributed by atoms with Crippen LogP contribution in [-0.4, -0.2) is 38.8 Å². The van der Waals surface area contributed by atoms with Gasteiger partial charge in [0.15, 0.2) is 5.65 Å². The van der Waals surface area contributed by atoms with Crippen molar-refractivity contribution in [2.24, 2.45) is 11.3 Å². The normalized spacial score (nSPS) is 19.0. The van der Waals surface area contributed by atoms with Crippen molar-refractivity contribution in [3.63, 3.8) is 0 Å². The molecule has 0 spiro atoms. The first kappa shape index (κ1) is 25.9. The molecule has 0 bridgehead atoms. The Morgan fingerprint density at radius 1 is 1.17 bits per heavy atom. The number of fused-ring (bicyclic) bond motifs is 1. The third-order valence-electron chi connectivity index (χ3n) is 7.31. The van der Waals surface area contributed by atoms with Gasteiger partial charge in [-0.05, 0) is 43.7 Å². The van der Waals surface area contributed by atoms with E-state index in [0.717, 1.165) is 23.1 Å². The number of aliphatic carboxylic acids is 1. The van der Waals surface area contributed by atoms with Crippen LogP contribution in [0.5, 0.6) is 0 Å². The van der Waals surface area contributed by atoms with Crippen LogP contribution in [0.25, 0.3) is 16.9 Å². The van der Waals surface area contributed by atoms with E-state index in [2.05, 4.69) is 10.1 Å². The lowest BCUT2D eigenvalue weighted by atomic mass is 9.71. The van der Waals surface area contributed by atoms with Crippen LogP contribution in [0.1, 0.15) is 63.3 Å². The molecule has 1 saturated heterocycles. The molecule has 3 aromatic rings. The standard InChI is InChI=1S/C26H30F4N4O2/c1-14(2)22-16(5)31-21-12-20(17-7-8-18(19(27)11-17)26(28,29)30)32-34(21)23(22)33-10-6-9-25(13-33,15(3)4)24(35)36/h7-8,11-12,14-15H,6,9-10,13H2,1-5H3,(H,35,36)/t25-/m0/s1. The summed E-state index contributed by atoms with van der Waals surface area (Å²) in [6, 6.07) is 4.34. The first-order valence-corrected chi connectivity index (χ1v) is 12.0. The molecule has 1 aliphatic heterocycles. The number of carboxylic acid groups (broad SMARTS) is 1. The highest BCUT2D eigenvalue weighted by atomic mass is 19.4. The number of piperidine rings is 1. The summed E-state index contributed by atoms with van der Waals surface area (Å²) >= 11 is 0. The second-order valence-electron chi connectivity index (χ2n) is 10.2. The number of hydrogen-bond donors (Lipinski definition) is 1. The van der Waals surface area contributed by atoms with Crippen LogP contribution in [0.2, 0.25) is 0 Å². The lowest BCUT2D eigenvalue weighted by Gasteiger charge is -2.44. The highest BCUT2D eigenvalue weighted by Gasteiger charge is 2.46. The second kappa shape index (κ2) is 9.05. The number of halogens is 4. The van der Waals surface area contributed by atoms with Gasteiger partial charge in [0, 0.05) is 36.0 Å². The molecule has 1 aromatic carbocycles. The Hall–Kier alpha value is -3.17. The van der Waals surface area contributed by atoms with Crippen LogP contribution in [0.3, 0.4) is 0 Å². The monoisotopic (exact) mass is 506 g/mol. The number of carboxylic acids is 1. The number of aryl methyl sites for hydroxylation is 1. The molecule has 0 amide bonds. The first-order chi connectivity index (χ1) is 16.8. The minimum Gasteiger partial charge on any atom is -0.481 e. The Morgan fingerprint density at radius 3 is 2.42 bits per heavy atom. The van der Waals surface area contributed by atoms with Crippen molar-refractivity contribution in [1.82, 2.24) is 14.6 Å². The summed E-state index contributed by atoms with van der Waals surface area (Å²) in [4.78, 5) is 19.1. The molecule has 1 aliphatic rings. The predicted molar refractivity (Wildman–Crippen MR) is 129 cm³/mol. The number of benzene rings is 1. The van der Waals surface area contributed by atoms with Gasteiger partial charge in [0.2, 0.25) is 0 Å². The van der Waals surface area contributed by atoms with Gasteiger partial charge in [-0.3, -0.25) is 4.79 Å². The van der Waals surface area contributed by atoms with E-state index in [1.54, 1.807) is 10.6 Å². The maximum absolute atomic E-state index is 14.3. The van der Waals surface area contributed by atoms with E-state index >= 15 is 0 Å². The van der Waals surface area contributed by atoms with Crippen molar-refractivity contribution >= 4 is 17.4 Å². The molecular formula is C26H30F4N4O2. The molecule has 0 unspecified atom stereocenters. The average Bonchev–Trinajstić information content (AvgIpc) is 3.20. The minimum absolute atomic E-state index is 0.0493. The predicted octanol–water partition coefficient (Wildman–Crippen LogP) is 6.31. The van der Waals surface area contributed by atoms with Gasteiger partial charge in [0.05, 0.1) is 16.7 Å². The number of anilines is 1. The van der Waals surface area contributed by atoms with Crippen LogP contribution in [0.4, 0.5) is 23.4 Å². The second-order valence-corrected chi connectivity index (χ2v) is 10.2. The van der Waals surface area contributed by atoms with Crippen molar-refractivity contribution in [2.75, 3.05) is 18.0 Å². The quantitative estimate of drug-likeness (QED) is 0.411. The fourth-order valence-electron chi connectivity index (χ4n) is 5.30. The largest absolute Gasteiger partial charge is 0.481 e. The highest BCUT2D eigenvalue weighted by molar-refractivity contribution is 5.77. The Balaban J connectivity index is 1.89. The summed E-state index contributed by atoms with van der Waals surface area (Å²) < 4.78 is 55.0. The van der Waals surface area contributed by atoms with Gasteiger partial charge in [-0.2, -0.15) is 22.8 Å². The zero-order chi connectivity index (χ0) is 26.6. The molecule has 10 heteroatoms. The van der Waals surface area contributed by atoms with Crippen molar-refractivity contribution in [3.8, 4) is 11.3 Å². The fraction of sp³-hybridized carbons (Fsp3) is 0.500. The maximum atomic E-state index is 14.3. The molecular weight excluding hydrogens is 476 g/mol. The third kappa shape index (κ3) is 4.30. The summed E-state index contributed by atoms with van der Waals surface area (Å²) in [7, 11) is 0. The van der Waals surface area contributed by atoms with Gasteiger partial charge in [-0.15, -0.1) is 0 Å². The van der Waals surface area contributed by atoms with Crippen LogP contribution in [0.15, 0.2) is 24.3 Å². The number of aromatic nitrogens is 3. The zero-order valence-corrected chi connectivity index (χ0v) is 20.9. The number of rotatable bonds is 5. The molecule has 6 nitrogen and oxygen atoms in total. The van der Waals surface area contributed by atoms with E-state index in [4.69, 9.17) is 0 Å². The number of carbonyl (C=O) groups is 1. The van der Waals surface area contributed by atoms with Crippen LogP contribution in [0, 0.1) is 24.1 Å². The fourth-order valence-corrected chi connectivity index (χ4v) is 5.30. The Labute approximate surface area is 206 Å². The van der Waals surface area contributed by atoms with Gasteiger partial charge < -0.3 is 10.0 Å². The van der Waals surface area contributed by atoms with E-state index in [1.165, 1.54) is 6.07 Å². The number of nitrogens with zero attached hydrogens (tertiary/aromatic N) is 4. The average molecular weight is 507 g/mol. The third-order valence-corrected chi connectivity index (χ3v) is 7.31. The molecule has 3 heterocycles. The summed E-state index contributed by atoms with van der Waals surface area (Å²) in [5.74, 6) is -1.53. The van der Waals surface area contributed by atoms with E-state index < -0.39 is 28.9 Å². The SMILES string of the molecule is Cc1nc2cc(-c3ccc(C(F)(F)F)c(F)c3)nn2c(N2CCC[C@@](C(=O)O)(C(C)C)C2)c1C(C)C. The van der Waals surface area contributed by atoms with E-state index in [9.17, 15) is 27.5 Å². The Kier molecular flexibility index (Phi) is 6.51. The van der Waals surface area contributed by atoms with E-state index in [1.807, 2.05) is 39.5 Å². The Bertz CT molecular complexity index is 1320.